The summed E-state index contributed by atoms with van der Waals surface area (Å²) in [5.41, 5.74) is 0. The molecule has 3 atom stereocenters. The Bertz CT molecular complexity index is 1150. The van der Waals surface area contributed by atoms with Crippen molar-refractivity contribution in [1.82, 2.24) is 0 Å². The maximum Gasteiger partial charge on any atom is 0.472 e. The van der Waals surface area contributed by atoms with E-state index in [1.807, 2.05) is 36.5 Å². The van der Waals surface area contributed by atoms with Crippen LogP contribution in [0.15, 0.2) is 85.1 Å². The van der Waals surface area contributed by atoms with E-state index in [0.29, 0.717) is 12.8 Å². The monoisotopic (exact) mass is 764 g/mol. The molecule has 0 saturated carbocycles. The molecule has 53 heavy (non-hydrogen) atoms. The molecule has 0 radical (unpaired) electrons. The molecule has 0 saturated heterocycles. The van der Waals surface area contributed by atoms with Crippen LogP contribution in [0.1, 0.15) is 129 Å². The van der Waals surface area contributed by atoms with E-state index in [1.165, 1.54) is 0 Å². The summed E-state index contributed by atoms with van der Waals surface area (Å²) in [6.45, 7) is 2.04. The van der Waals surface area contributed by atoms with Gasteiger partial charge in [-0.25, -0.2) is 4.57 Å². The van der Waals surface area contributed by atoms with Gasteiger partial charge in [0.15, 0.2) is 6.10 Å². The number of rotatable bonds is 35. The molecule has 0 bridgehead atoms. The summed E-state index contributed by atoms with van der Waals surface area (Å²) in [5.74, 6) is -0.983. The maximum atomic E-state index is 12.6. The average Bonchev–Trinajstić information content (AvgIpc) is 3.14. The van der Waals surface area contributed by atoms with E-state index in [0.717, 1.165) is 89.9 Å². The van der Waals surface area contributed by atoms with Gasteiger partial charge in [-0.1, -0.05) is 137 Å². The van der Waals surface area contributed by atoms with Gasteiger partial charge in [-0.2, -0.15) is 0 Å². The van der Waals surface area contributed by atoms with Gasteiger partial charge in [-0.15, -0.1) is 0 Å². The molecule has 0 aromatic heterocycles. The zero-order chi connectivity index (χ0) is 39.1. The number of aliphatic hydroxyl groups is 2. The third-order valence-electron chi connectivity index (χ3n) is 7.64. The van der Waals surface area contributed by atoms with Crippen molar-refractivity contribution in [2.75, 3.05) is 26.4 Å². The Morgan fingerprint density at radius 2 is 1.08 bits per heavy atom. The predicted octanol–water partition coefficient (Wildman–Crippen LogP) is 9.88. The zero-order valence-electron chi connectivity index (χ0n) is 32.4. The second-order valence-electron chi connectivity index (χ2n) is 12.6. The first-order valence-corrected chi connectivity index (χ1v) is 21.1. The normalized spacial score (nSPS) is 14.9. The van der Waals surface area contributed by atoms with Gasteiger partial charge in [0.05, 0.1) is 19.8 Å². The van der Waals surface area contributed by atoms with Gasteiger partial charge in [-0.05, 0) is 64.2 Å². The summed E-state index contributed by atoms with van der Waals surface area (Å²) < 4.78 is 32.6. The van der Waals surface area contributed by atoms with E-state index in [4.69, 9.17) is 19.1 Å². The van der Waals surface area contributed by atoms with Crippen LogP contribution in [0.5, 0.6) is 0 Å². The van der Waals surface area contributed by atoms with Crippen molar-refractivity contribution in [3.63, 3.8) is 0 Å². The number of carbonyl (C=O) groups is 2. The van der Waals surface area contributed by atoms with E-state index < -0.39 is 51.8 Å². The van der Waals surface area contributed by atoms with Crippen molar-refractivity contribution in [1.29, 1.82) is 0 Å². The van der Waals surface area contributed by atoms with Gasteiger partial charge in [0, 0.05) is 12.8 Å². The highest BCUT2D eigenvalue weighted by atomic mass is 31.2. The lowest BCUT2D eigenvalue weighted by Gasteiger charge is -2.20. The summed E-state index contributed by atoms with van der Waals surface area (Å²) in [6, 6.07) is 0. The Morgan fingerprint density at radius 3 is 1.70 bits per heavy atom. The van der Waals surface area contributed by atoms with Crippen molar-refractivity contribution in [3.8, 4) is 0 Å². The fourth-order valence-corrected chi connectivity index (χ4v) is 5.45. The average molecular weight is 765 g/mol. The highest BCUT2D eigenvalue weighted by Gasteiger charge is 2.27. The van der Waals surface area contributed by atoms with Crippen LogP contribution >= 0.6 is 7.82 Å². The number of carbonyl (C=O) groups excluding carboxylic acids is 2. The fourth-order valence-electron chi connectivity index (χ4n) is 4.66. The molecule has 11 heteroatoms. The Labute approximate surface area is 320 Å². The Balaban J connectivity index is 4.45. The number of phosphoric ester groups is 1. The molecule has 0 aliphatic heterocycles. The lowest BCUT2D eigenvalue weighted by atomic mass is 10.1. The smallest absolute Gasteiger partial charge is 0.462 e. The molecule has 0 amide bonds. The van der Waals surface area contributed by atoms with E-state index in [2.05, 4.69) is 67.0 Å². The molecule has 3 N–H and O–H groups in total. The van der Waals surface area contributed by atoms with E-state index in [1.54, 1.807) is 0 Å². The predicted molar refractivity (Wildman–Crippen MR) is 214 cm³/mol. The molecule has 0 aliphatic rings. The Kier molecular flexibility index (Phi) is 35.5. The number of phosphoric acid groups is 1. The van der Waals surface area contributed by atoms with Gasteiger partial charge < -0.3 is 24.6 Å². The Morgan fingerprint density at radius 1 is 0.585 bits per heavy atom. The second kappa shape index (κ2) is 37.5. The number of hydrogen-bond acceptors (Lipinski definition) is 9. The minimum Gasteiger partial charge on any atom is -0.462 e. The molecule has 0 heterocycles. The van der Waals surface area contributed by atoms with E-state index in [-0.39, 0.29) is 19.4 Å². The summed E-state index contributed by atoms with van der Waals surface area (Å²) in [5, 5.41) is 18.3. The number of ether oxygens (including phenoxy) is 2. The van der Waals surface area contributed by atoms with Crippen LogP contribution in [-0.4, -0.2) is 65.7 Å². The van der Waals surface area contributed by atoms with Gasteiger partial charge in [0.1, 0.15) is 12.7 Å². The van der Waals surface area contributed by atoms with Crippen LogP contribution in [0.2, 0.25) is 0 Å². The zero-order valence-corrected chi connectivity index (χ0v) is 33.3. The maximum absolute atomic E-state index is 12.6. The number of unbranched alkanes of at least 4 members (excludes halogenated alkanes) is 10. The molecule has 0 fully saturated rings. The number of esters is 2. The fraction of sp³-hybridized carbons (Fsp3) is 0.619. The van der Waals surface area contributed by atoms with Crippen LogP contribution < -0.4 is 0 Å². The van der Waals surface area contributed by atoms with Crippen LogP contribution in [0.3, 0.4) is 0 Å². The lowest BCUT2D eigenvalue weighted by molar-refractivity contribution is -0.161. The lowest BCUT2D eigenvalue weighted by Crippen LogP contribution is -2.29. The minimum absolute atomic E-state index is 0.149. The van der Waals surface area contributed by atoms with Gasteiger partial charge in [0.25, 0.3) is 0 Å². The molecule has 0 spiro atoms. The third-order valence-corrected chi connectivity index (χ3v) is 8.59. The standard InChI is InChI=1S/C42H69O10P/c1-3-5-7-9-11-13-15-17-19-21-23-25-27-29-31-33-41(45)49-37-40(38-51-53(47,48)50-36-39(44)35-43)52-42(46)34-32-30-28-26-24-22-20-18-16-14-12-10-8-6-4-2/h5-8,10-14,16-20,39-40,43-44H,3-4,9,15,21-38H2,1-2H3,(H,47,48)/b7-5+,8-6+,12-10+,13-11+,16-14+,19-17+,20-18+/t39-,40+/m0/s1. The number of allylic oxidation sites excluding steroid dienone is 14. The molecule has 0 rings (SSSR count). The first kappa shape index (κ1) is 50.1. The van der Waals surface area contributed by atoms with Crippen molar-refractivity contribution < 1.29 is 47.8 Å². The molecule has 1 unspecified atom stereocenters. The van der Waals surface area contributed by atoms with Gasteiger partial charge in [0.2, 0.25) is 0 Å². The molecular weight excluding hydrogens is 695 g/mol. The molecule has 10 nitrogen and oxygen atoms in total. The largest absolute Gasteiger partial charge is 0.472 e. The van der Waals surface area contributed by atoms with Crippen molar-refractivity contribution in [2.45, 2.75) is 142 Å². The van der Waals surface area contributed by atoms with Crippen LogP contribution in [-0.2, 0) is 32.7 Å². The van der Waals surface area contributed by atoms with Crippen molar-refractivity contribution >= 4 is 19.8 Å². The van der Waals surface area contributed by atoms with Crippen LogP contribution in [0, 0.1) is 0 Å². The van der Waals surface area contributed by atoms with Crippen LogP contribution in [0.4, 0.5) is 0 Å². The van der Waals surface area contributed by atoms with Crippen molar-refractivity contribution in [3.05, 3.63) is 85.1 Å². The first-order chi connectivity index (χ1) is 25.7. The van der Waals surface area contributed by atoms with E-state index in [9.17, 15) is 24.2 Å². The summed E-state index contributed by atoms with van der Waals surface area (Å²) in [6.07, 6.45) is 42.6. The van der Waals surface area contributed by atoms with Crippen LogP contribution in [0.25, 0.3) is 0 Å². The summed E-state index contributed by atoms with van der Waals surface area (Å²) in [7, 11) is -4.63. The number of aliphatic hydroxyl groups excluding tert-OH is 2. The Hall–Kier alpha value is -2.85. The molecule has 302 valence electrons. The van der Waals surface area contributed by atoms with E-state index >= 15 is 0 Å². The third kappa shape index (κ3) is 37.3. The molecule has 0 aromatic rings. The first-order valence-electron chi connectivity index (χ1n) is 19.6. The second-order valence-corrected chi connectivity index (χ2v) is 14.1. The molecule has 0 aliphatic carbocycles. The molecule has 0 aromatic carbocycles. The highest BCUT2D eigenvalue weighted by Crippen LogP contribution is 2.43. The van der Waals surface area contributed by atoms with Gasteiger partial charge in [-0.3, -0.25) is 18.6 Å². The molecular formula is C42H69O10P. The summed E-state index contributed by atoms with van der Waals surface area (Å²) in [4.78, 5) is 34.9. The topological polar surface area (TPSA) is 149 Å². The highest BCUT2D eigenvalue weighted by molar-refractivity contribution is 7.47. The van der Waals surface area contributed by atoms with Crippen molar-refractivity contribution in [2.24, 2.45) is 0 Å². The quantitative estimate of drug-likeness (QED) is 0.0187. The SMILES string of the molecule is CC/C=C/C=C/C=C/C=C/CCCCCCCC(=O)O[C@H](COC(=O)CCCCCCC/C=C/C/C=C/C/C=C/CC)COP(=O)(O)OC[C@@H](O)CO. The number of hydrogen-bond donors (Lipinski definition) is 3. The summed E-state index contributed by atoms with van der Waals surface area (Å²) >= 11 is 0. The van der Waals surface area contributed by atoms with Gasteiger partial charge >= 0.3 is 19.8 Å². The minimum atomic E-state index is -4.63.